The molecule has 1 aromatic heterocycles. The van der Waals surface area contributed by atoms with E-state index in [1.165, 1.54) is 12.1 Å². The van der Waals surface area contributed by atoms with Crippen molar-refractivity contribution in [3.05, 3.63) is 94.8 Å². The van der Waals surface area contributed by atoms with Crippen LogP contribution < -0.4 is 10.4 Å². The highest BCUT2D eigenvalue weighted by Gasteiger charge is 2.11. The summed E-state index contributed by atoms with van der Waals surface area (Å²) in [7, 11) is 0. The van der Waals surface area contributed by atoms with Crippen molar-refractivity contribution in [2.24, 2.45) is 0 Å². The Morgan fingerprint density at radius 2 is 1.62 bits per heavy atom. The number of imidazole rings is 1. The van der Waals surface area contributed by atoms with Crippen LogP contribution in [0.15, 0.2) is 72.8 Å². The van der Waals surface area contributed by atoms with Crippen LogP contribution in [-0.4, -0.2) is 15.7 Å². The molecule has 0 radical (unpaired) electrons. The lowest BCUT2D eigenvalue weighted by atomic mass is 10.2. The van der Waals surface area contributed by atoms with Gasteiger partial charge in [-0.3, -0.25) is 5.41 Å². The molecule has 0 aliphatic rings. The van der Waals surface area contributed by atoms with E-state index in [1.54, 1.807) is 12.1 Å². The van der Waals surface area contributed by atoms with Gasteiger partial charge in [-0.15, -0.1) is 0 Å². The van der Waals surface area contributed by atoms with E-state index in [1.807, 2.05) is 57.7 Å². The molecule has 1 N–H and O–H groups in total. The predicted molar refractivity (Wildman–Crippen MR) is 113 cm³/mol. The molecule has 0 amide bonds. The van der Waals surface area contributed by atoms with Crippen LogP contribution in [0.2, 0.25) is 5.02 Å². The molecule has 29 heavy (non-hydrogen) atoms. The molecule has 6 heteroatoms. The lowest BCUT2D eigenvalue weighted by Gasteiger charge is -2.08. The third kappa shape index (κ3) is 4.35. The molecule has 0 aliphatic carbocycles. The maximum atomic E-state index is 13.0. The van der Waals surface area contributed by atoms with Crippen molar-refractivity contribution < 1.29 is 9.13 Å². The number of nitrogens with zero attached hydrogens (tertiary/aromatic N) is 2. The van der Waals surface area contributed by atoms with E-state index in [9.17, 15) is 4.39 Å². The molecule has 1 heterocycles. The Hall–Kier alpha value is -3.05. The van der Waals surface area contributed by atoms with Crippen LogP contribution in [0.4, 0.5) is 4.39 Å². The minimum absolute atomic E-state index is 0.278. The fraction of sp³-hybridized carbons (Fsp3) is 0.174. The van der Waals surface area contributed by atoms with Gasteiger partial charge in [-0.1, -0.05) is 35.9 Å². The van der Waals surface area contributed by atoms with Crippen LogP contribution in [0, 0.1) is 11.2 Å². The number of ether oxygens (including phenoxy) is 1. The van der Waals surface area contributed by atoms with Crippen molar-refractivity contribution in [3.8, 4) is 5.75 Å². The van der Waals surface area contributed by atoms with Crippen molar-refractivity contribution >= 4 is 22.6 Å². The third-order valence-electron chi connectivity index (χ3n) is 4.81. The maximum absolute atomic E-state index is 13.0. The molecule has 148 valence electrons. The summed E-state index contributed by atoms with van der Waals surface area (Å²) in [6.45, 7) is 1.73. The first-order valence-corrected chi connectivity index (χ1v) is 9.85. The summed E-state index contributed by atoms with van der Waals surface area (Å²) in [6.07, 6.45) is 0.735. The van der Waals surface area contributed by atoms with E-state index in [-0.39, 0.29) is 5.82 Å². The fourth-order valence-corrected chi connectivity index (χ4v) is 3.66. The van der Waals surface area contributed by atoms with Crippen LogP contribution in [0.5, 0.6) is 5.75 Å². The van der Waals surface area contributed by atoms with Crippen molar-refractivity contribution in [3.63, 3.8) is 0 Å². The number of hydrogen-bond acceptors (Lipinski definition) is 2. The van der Waals surface area contributed by atoms with Crippen molar-refractivity contribution in [1.82, 2.24) is 9.13 Å². The Morgan fingerprint density at radius 3 is 2.34 bits per heavy atom. The zero-order chi connectivity index (χ0) is 20.2. The average molecular weight is 410 g/mol. The highest BCUT2D eigenvalue weighted by molar-refractivity contribution is 6.30. The number of hydrogen-bond donors (Lipinski definition) is 1. The Kier molecular flexibility index (Phi) is 5.67. The molecule has 0 fully saturated rings. The van der Waals surface area contributed by atoms with Crippen LogP contribution in [-0.2, 0) is 13.1 Å². The van der Waals surface area contributed by atoms with Gasteiger partial charge in [-0.25, -0.2) is 4.39 Å². The van der Waals surface area contributed by atoms with E-state index in [2.05, 4.69) is 0 Å². The molecule has 0 aliphatic heterocycles. The number of benzene rings is 3. The minimum atomic E-state index is -0.278. The quantitative estimate of drug-likeness (QED) is 0.417. The fourth-order valence-electron chi connectivity index (χ4n) is 3.44. The number of para-hydroxylation sites is 2. The third-order valence-corrected chi connectivity index (χ3v) is 5.05. The van der Waals surface area contributed by atoms with Crippen LogP contribution in [0.3, 0.4) is 0 Å². The van der Waals surface area contributed by atoms with Gasteiger partial charge >= 0.3 is 0 Å². The number of rotatable bonds is 7. The summed E-state index contributed by atoms with van der Waals surface area (Å²) < 4.78 is 22.6. The number of halogens is 2. The predicted octanol–water partition coefficient (Wildman–Crippen LogP) is 5.23. The summed E-state index contributed by atoms with van der Waals surface area (Å²) in [4.78, 5) is 0. The molecule has 4 nitrogen and oxygen atoms in total. The largest absolute Gasteiger partial charge is 0.494 e. The zero-order valence-corrected chi connectivity index (χ0v) is 16.6. The second kappa shape index (κ2) is 8.53. The van der Waals surface area contributed by atoms with Gasteiger partial charge in [0.2, 0.25) is 5.62 Å². The van der Waals surface area contributed by atoms with Crippen molar-refractivity contribution in [2.45, 2.75) is 19.5 Å². The number of aromatic nitrogens is 2. The highest BCUT2D eigenvalue weighted by Crippen LogP contribution is 2.17. The second-order valence-corrected chi connectivity index (χ2v) is 7.27. The molecule has 0 unspecified atom stereocenters. The lowest BCUT2D eigenvalue weighted by molar-refractivity contribution is 0.300. The molecule has 4 rings (SSSR count). The number of nitrogens with one attached hydrogen (secondary N) is 1. The first-order valence-electron chi connectivity index (χ1n) is 9.47. The Labute approximate surface area is 173 Å². The smallest absolute Gasteiger partial charge is 0.203 e. The summed E-state index contributed by atoms with van der Waals surface area (Å²) in [5.74, 6) is 0.366. The average Bonchev–Trinajstić information content (AvgIpc) is 2.98. The molecular formula is C23H21ClFN3O. The summed E-state index contributed by atoms with van der Waals surface area (Å²) >= 11 is 6.12. The van der Waals surface area contributed by atoms with Gasteiger partial charge < -0.3 is 13.9 Å². The standard InChI is InChI=1S/C23H21ClFN3O/c24-18-6-3-5-17(15-18)16-28-22-8-2-1-7-21(22)27(23(28)26)13-4-14-29-20-11-9-19(25)10-12-20/h1-3,5-12,15,26H,4,13-14,16H2. The van der Waals surface area contributed by atoms with Crippen LogP contribution in [0.25, 0.3) is 11.0 Å². The first kappa shape index (κ1) is 19.3. The monoisotopic (exact) mass is 409 g/mol. The molecule has 4 aromatic rings. The van der Waals surface area contributed by atoms with Gasteiger partial charge in [0, 0.05) is 11.6 Å². The Bertz CT molecular complexity index is 1180. The van der Waals surface area contributed by atoms with Crippen LogP contribution >= 0.6 is 11.6 Å². The zero-order valence-electron chi connectivity index (χ0n) is 15.8. The van der Waals surface area contributed by atoms with E-state index in [0.29, 0.717) is 36.1 Å². The molecule has 0 saturated carbocycles. The molecule has 0 atom stereocenters. The molecule has 0 bridgehead atoms. The summed E-state index contributed by atoms with van der Waals surface area (Å²) in [6, 6.07) is 21.8. The minimum Gasteiger partial charge on any atom is -0.494 e. The van der Waals surface area contributed by atoms with E-state index in [4.69, 9.17) is 21.7 Å². The van der Waals surface area contributed by atoms with Gasteiger partial charge in [-0.05, 0) is 60.5 Å². The molecule has 0 saturated heterocycles. The highest BCUT2D eigenvalue weighted by atomic mass is 35.5. The first-order chi connectivity index (χ1) is 14.1. The SMILES string of the molecule is N=c1n(CCCOc2ccc(F)cc2)c2ccccc2n1Cc1cccc(Cl)c1. The Morgan fingerprint density at radius 1 is 0.897 bits per heavy atom. The maximum Gasteiger partial charge on any atom is 0.203 e. The molecular weight excluding hydrogens is 389 g/mol. The van der Waals surface area contributed by atoms with Gasteiger partial charge in [0.25, 0.3) is 0 Å². The van der Waals surface area contributed by atoms with Gasteiger partial charge in [0.05, 0.1) is 24.2 Å². The van der Waals surface area contributed by atoms with Gasteiger partial charge in [0.15, 0.2) is 0 Å². The van der Waals surface area contributed by atoms with Crippen LogP contribution in [0.1, 0.15) is 12.0 Å². The summed E-state index contributed by atoms with van der Waals surface area (Å²) in [5, 5.41) is 9.40. The number of fused-ring (bicyclic) bond motifs is 1. The van der Waals surface area contributed by atoms with E-state index < -0.39 is 0 Å². The van der Waals surface area contributed by atoms with Gasteiger partial charge in [-0.2, -0.15) is 0 Å². The second-order valence-electron chi connectivity index (χ2n) is 6.84. The normalized spacial score (nSPS) is 11.1. The van der Waals surface area contributed by atoms with Crippen molar-refractivity contribution in [2.75, 3.05) is 6.61 Å². The Balaban J connectivity index is 1.52. The lowest BCUT2D eigenvalue weighted by Crippen LogP contribution is -2.25. The molecule has 0 spiro atoms. The van der Waals surface area contributed by atoms with Gasteiger partial charge in [0.1, 0.15) is 11.6 Å². The van der Waals surface area contributed by atoms with E-state index >= 15 is 0 Å². The number of aryl methyl sites for hydroxylation is 1. The molecule has 3 aromatic carbocycles. The summed E-state index contributed by atoms with van der Waals surface area (Å²) in [5.41, 5.74) is 3.52. The topological polar surface area (TPSA) is 42.9 Å². The van der Waals surface area contributed by atoms with Crippen molar-refractivity contribution in [1.29, 1.82) is 5.41 Å². The van der Waals surface area contributed by atoms with E-state index in [0.717, 1.165) is 23.0 Å².